The molecule has 0 aliphatic carbocycles. The number of nitrogens with one attached hydrogen (secondary N) is 1. The Kier molecular flexibility index (Phi) is 2.73. The molecule has 0 spiro atoms. The van der Waals surface area contributed by atoms with Crippen LogP contribution in [0.5, 0.6) is 5.75 Å². The van der Waals surface area contributed by atoms with E-state index in [0.29, 0.717) is 0 Å². The average molecular weight is 291 g/mol. The minimum Gasteiger partial charge on any atom is -0.497 e. The van der Waals surface area contributed by atoms with Gasteiger partial charge in [-0.25, -0.2) is 4.98 Å². The van der Waals surface area contributed by atoms with Crippen molar-refractivity contribution in [3.8, 4) is 17.0 Å². The molecule has 3 aromatic heterocycles. The molecule has 4 nitrogen and oxygen atoms in total. The Morgan fingerprint density at radius 1 is 1.18 bits per heavy atom. The molecule has 110 valence electrons. The molecule has 0 aliphatic rings. The molecule has 1 N–H and O–H groups in total. The number of fused-ring (bicyclic) bond motifs is 2. The molecule has 4 heteroatoms. The molecule has 4 rings (SSSR count). The lowest BCUT2D eigenvalue weighted by Gasteiger charge is -2.02. The lowest BCUT2D eigenvalue weighted by Crippen LogP contribution is -1.85. The van der Waals surface area contributed by atoms with Crippen LogP contribution in [-0.4, -0.2) is 21.6 Å². The van der Waals surface area contributed by atoms with Crippen LogP contribution in [0.2, 0.25) is 0 Å². The molecule has 3 heterocycles. The first-order valence-corrected chi connectivity index (χ1v) is 7.26. The van der Waals surface area contributed by atoms with Gasteiger partial charge in [-0.2, -0.15) is 0 Å². The maximum atomic E-state index is 5.38. The number of aryl methyl sites for hydroxylation is 2. The Balaban J connectivity index is 2.05. The van der Waals surface area contributed by atoms with E-state index in [-0.39, 0.29) is 0 Å². The van der Waals surface area contributed by atoms with E-state index >= 15 is 0 Å². The highest BCUT2D eigenvalue weighted by Crippen LogP contribution is 2.36. The molecule has 0 amide bonds. The number of H-pyrrole nitrogens is 1. The lowest BCUT2D eigenvalue weighted by molar-refractivity contribution is 0.415. The Morgan fingerprint density at radius 3 is 2.82 bits per heavy atom. The third kappa shape index (κ3) is 1.73. The molecule has 0 atom stereocenters. The van der Waals surface area contributed by atoms with Crippen LogP contribution in [-0.2, 0) is 7.05 Å². The van der Waals surface area contributed by atoms with Crippen molar-refractivity contribution in [3.63, 3.8) is 0 Å². The molecule has 22 heavy (non-hydrogen) atoms. The third-order valence-corrected chi connectivity index (χ3v) is 4.30. The number of pyridine rings is 1. The van der Waals surface area contributed by atoms with E-state index in [1.54, 1.807) is 7.11 Å². The van der Waals surface area contributed by atoms with Gasteiger partial charge in [-0.05, 0) is 42.8 Å². The van der Waals surface area contributed by atoms with Crippen LogP contribution in [0.3, 0.4) is 0 Å². The topological polar surface area (TPSA) is 42.8 Å². The number of aromatic nitrogens is 3. The Morgan fingerprint density at radius 2 is 2.05 bits per heavy atom. The third-order valence-electron chi connectivity index (χ3n) is 4.30. The van der Waals surface area contributed by atoms with Crippen LogP contribution >= 0.6 is 0 Å². The number of nitrogens with zero attached hydrogens (tertiary/aromatic N) is 2. The monoisotopic (exact) mass is 291 g/mol. The van der Waals surface area contributed by atoms with Crippen LogP contribution in [0, 0.1) is 6.92 Å². The van der Waals surface area contributed by atoms with Crippen molar-refractivity contribution in [2.24, 2.45) is 7.05 Å². The summed E-state index contributed by atoms with van der Waals surface area (Å²) >= 11 is 0. The highest BCUT2D eigenvalue weighted by atomic mass is 16.5. The van der Waals surface area contributed by atoms with E-state index < -0.39 is 0 Å². The number of benzene rings is 1. The van der Waals surface area contributed by atoms with Gasteiger partial charge in [0.05, 0.1) is 12.8 Å². The first kappa shape index (κ1) is 13.0. The summed E-state index contributed by atoms with van der Waals surface area (Å²) in [6.45, 7) is 2.13. The second-order valence-corrected chi connectivity index (χ2v) is 5.56. The summed E-state index contributed by atoms with van der Waals surface area (Å²) in [7, 11) is 3.76. The van der Waals surface area contributed by atoms with Gasteiger partial charge in [-0.3, -0.25) is 0 Å². The summed E-state index contributed by atoms with van der Waals surface area (Å²) < 4.78 is 7.52. The number of hydrogen-bond donors (Lipinski definition) is 1. The van der Waals surface area contributed by atoms with Gasteiger partial charge in [0, 0.05) is 41.3 Å². The quantitative estimate of drug-likeness (QED) is 0.605. The summed E-state index contributed by atoms with van der Waals surface area (Å²) in [5.41, 5.74) is 5.62. The zero-order chi connectivity index (χ0) is 15.3. The molecular formula is C18H17N3O. The minimum absolute atomic E-state index is 0.867. The van der Waals surface area contributed by atoms with E-state index in [4.69, 9.17) is 4.74 Å². The standard InChI is InChI=1S/C18H17N3O/c1-11-13-5-4-8-19-18(13)20-17(11)15-10-21(2)16-7-6-12(22-3)9-14(15)16/h4-10H,1-3H3,(H,19,20). The largest absolute Gasteiger partial charge is 0.497 e. The van der Waals surface area contributed by atoms with Gasteiger partial charge in [0.2, 0.25) is 0 Å². The molecule has 0 fully saturated rings. The Labute approximate surface area is 128 Å². The van der Waals surface area contributed by atoms with Crippen molar-refractivity contribution in [1.29, 1.82) is 0 Å². The van der Waals surface area contributed by atoms with Crippen molar-refractivity contribution in [1.82, 2.24) is 14.5 Å². The van der Waals surface area contributed by atoms with Gasteiger partial charge in [0.1, 0.15) is 11.4 Å². The number of hydrogen-bond acceptors (Lipinski definition) is 2. The summed E-state index contributed by atoms with van der Waals surface area (Å²) in [6.07, 6.45) is 3.97. The van der Waals surface area contributed by atoms with Gasteiger partial charge >= 0.3 is 0 Å². The summed E-state index contributed by atoms with van der Waals surface area (Å²) in [6, 6.07) is 10.2. The van der Waals surface area contributed by atoms with E-state index in [1.165, 1.54) is 22.0 Å². The number of ether oxygens (including phenoxy) is 1. The smallest absolute Gasteiger partial charge is 0.137 e. The average Bonchev–Trinajstić information content (AvgIpc) is 3.05. The number of methoxy groups -OCH3 is 1. The van der Waals surface area contributed by atoms with Gasteiger partial charge < -0.3 is 14.3 Å². The fourth-order valence-corrected chi connectivity index (χ4v) is 3.12. The van der Waals surface area contributed by atoms with E-state index in [2.05, 4.69) is 52.9 Å². The maximum Gasteiger partial charge on any atom is 0.137 e. The fraction of sp³-hybridized carbons (Fsp3) is 0.167. The summed E-state index contributed by atoms with van der Waals surface area (Å²) in [5, 5.41) is 2.34. The van der Waals surface area contributed by atoms with Crippen LogP contribution in [0.15, 0.2) is 42.7 Å². The predicted molar refractivity (Wildman–Crippen MR) is 89.3 cm³/mol. The van der Waals surface area contributed by atoms with E-state index in [0.717, 1.165) is 22.5 Å². The van der Waals surface area contributed by atoms with Crippen LogP contribution in [0.4, 0.5) is 0 Å². The molecule has 4 aromatic rings. The van der Waals surface area contributed by atoms with Gasteiger partial charge in [-0.15, -0.1) is 0 Å². The summed E-state index contributed by atoms with van der Waals surface area (Å²) in [5.74, 6) is 0.867. The van der Waals surface area contributed by atoms with Crippen molar-refractivity contribution in [2.75, 3.05) is 7.11 Å². The molecule has 0 radical (unpaired) electrons. The molecule has 0 unspecified atom stereocenters. The SMILES string of the molecule is COc1ccc2c(c1)c(-c1[nH]c3ncccc3c1C)cn2C. The van der Waals surface area contributed by atoms with E-state index in [1.807, 2.05) is 18.3 Å². The van der Waals surface area contributed by atoms with E-state index in [9.17, 15) is 0 Å². The zero-order valence-corrected chi connectivity index (χ0v) is 12.8. The Bertz CT molecular complexity index is 994. The van der Waals surface area contributed by atoms with Crippen LogP contribution < -0.4 is 4.74 Å². The predicted octanol–water partition coefficient (Wildman–Crippen LogP) is 4.04. The molecule has 0 saturated carbocycles. The fourth-order valence-electron chi connectivity index (χ4n) is 3.12. The normalized spacial score (nSPS) is 11.4. The first-order valence-electron chi connectivity index (χ1n) is 7.26. The second kappa shape index (κ2) is 4.63. The van der Waals surface area contributed by atoms with Gasteiger partial charge in [0.15, 0.2) is 0 Å². The van der Waals surface area contributed by atoms with Crippen molar-refractivity contribution in [2.45, 2.75) is 6.92 Å². The highest BCUT2D eigenvalue weighted by molar-refractivity contribution is 6.00. The lowest BCUT2D eigenvalue weighted by atomic mass is 10.1. The van der Waals surface area contributed by atoms with Gasteiger partial charge in [-0.1, -0.05) is 0 Å². The maximum absolute atomic E-state index is 5.38. The molecular weight excluding hydrogens is 274 g/mol. The molecule has 0 saturated heterocycles. The Hall–Kier alpha value is -2.75. The number of rotatable bonds is 2. The first-order chi connectivity index (χ1) is 10.7. The summed E-state index contributed by atoms with van der Waals surface area (Å²) in [4.78, 5) is 7.88. The highest BCUT2D eigenvalue weighted by Gasteiger charge is 2.15. The number of aromatic amines is 1. The minimum atomic E-state index is 0.867. The molecule has 0 bridgehead atoms. The molecule has 0 aliphatic heterocycles. The van der Waals surface area contributed by atoms with Crippen molar-refractivity contribution >= 4 is 21.9 Å². The zero-order valence-electron chi connectivity index (χ0n) is 12.8. The van der Waals surface area contributed by atoms with Crippen molar-refractivity contribution in [3.05, 3.63) is 48.3 Å². The van der Waals surface area contributed by atoms with Crippen LogP contribution in [0.25, 0.3) is 33.2 Å². The second-order valence-electron chi connectivity index (χ2n) is 5.56. The molecule has 1 aromatic carbocycles. The van der Waals surface area contributed by atoms with Gasteiger partial charge in [0.25, 0.3) is 0 Å². The van der Waals surface area contributed by atoms with Crippen LogP contribution in [0.1, 0.15) is 5.56 Å². The van der Waals surface area contributed by atoms with Crippen molar-refractivity contribution < 1.29 is 4.74 Å².